The second kappa shape index (κ2) is 6.98. The van der Waals surface area contributed by atoms with Crippen molar-refractivity contribution in [1.82, 2.24) is 5.32 Å². The van der Waals surface area contributed by atoms with Gasteiger partial charge in [0.2, 0.25) is 5.91 Å². The van der Waals surface area contributed by atoms with E-state index in [0.29, 0.717) is 6.54 Å². The third-order valence-electron chi connectivity index (χ3n) is 2.40. The van der Waals surface area contributed by atoms with Crippen LogP contribution in [0.3, 0.4) is 0 Å². The number of aliphatic hydroxyl groups excluding tert-OH is 1. The monoisotopic (exact) mass is 222 g/mol. The summed E-state index contributed by atoms with van der Waals surface area (Å²) in [6.07, 6.45) is 1.86. The molecule has 0 aromatic heterocycles. The molecule has 0 spiro atoms. The van der Waals surface area contributed by atoms with Crippen molar-refractivity contribution in [3.63, 3.8) is 0 Å². The molecule has 0 aliphatic heterocycles. The van der Waals surface area contributed by atoms with E-state index in [1.54, 1.807) is 0 Å². The van der Waals surface area contributed by atoms with E-state index >= 15 is 0 Å². The van der Waals surface area contributed by atoms with Crippen LogP contribution in [0.4, 0.5) is 0 Å². The van der Waals surface area contributed by atoms with E-state index in [2.05, 4.69) is 17.4 Å². The molecule has 88 valence electrons. The number of nitrogens with one attached hydrogen (secondary N) is 1. The van der Waals surface area contributed by atoms with Gasteiger partial charge in [0, 0.05) is 0 Å². The predicted molar refractivity (Wildman–Crippen MR) is 62.8 cm³/mol. The van der Waals surface area contributed by atoms with Crippen LogP contribution in [0.1, 0.15) is 12.0 Å². The summed E-state index contributed by atoms with van der Waals surface area (Å²) in [6, 6.07) is 9.49. The highest BCUT2D eigenvalue weighted by molar-refractivity contribution is 5.79. The van der Waals surface area contributed by atoms with E-state index in [1.807, 2.05) is 18.2 Å². The molecule has 1 aromatic rings. The van der Waals surface area contributed by atoms with Crippen molar-refractivity contribution >= 4 is 5.91 Å². The van der Waals surface area contributed by atoms with Crippen LogP contribution in [0.5, 0.6) is 0 Å². The fraction of sp³-hybridized carbons (Fsp3) is 0.417. The molecule has 0 radical (unpaired) electrons. The highest BCUT2D eigenvalue weighted by Gasteiger charge is 2.11. The summed E-state index contributed by atoms with van der Waals surface area (Å²) in [7, 11) is 0. The van der Waals surface area contributed by atoms with Crippen molar-refractivity contribution < 1.29 is 9.90 Å². The maximum Gasteiger partial charge on any atom is 0.236 e. The highest BCUT2D eigenvalue weighted by atomic mass is 16.3. The molecule has 0 bridgehead atoms. The summed E-state index contributed by atoms with van der Waals surface area (Å²) < 4.78 is 0. The average molecular weight is 222 g/mol. The minimum absolute atomic E-state index is 0.249. The molecule has 1 atom stereocenters. The van der Waals surface area contributed by atoms with Crippen LogP contribution in [-0.4, -0.2) is 30.2 Å². The molecule has 1 aromatic carbocycles. The summed E-state index contributed by atoms with van der Waals surface area (Å²) in [5.74, 6) is -0.512. The predicted octanol–water partition coefficient (Wildman–Crippen LogP) is 0.0550. The Morgan fingerprint density at radius 2 is 2.06 bits per heavy atom. The normalized spacial score (nSPS) is 12.3. The number of hydrogen-bond acceptors (Lipinski definition) is 3. The number of carbonyl (C=O) groups is 1. The first-order valence-electron chi connectivity index (χ1n) is 5.41. The smallest absolute Gasteiger partial charge is 0.236 e. The summed E-state index contributed by atoms with van der Waals surface area (Å²) >= 11 is 0. The molecule has 0 aliphatic carbocycles. The van der Waals surface area contributed by atoms with E-state index in [0.717, 1.165) is 12.8 Å². The zero-order chi connectivity index (χ0) is 11.8. The molecule has 4 nitrogen and oxygen atoms in total. The van der Waals surface area contributed by atoms with Crippen molar-refractivity contribution in [2.45, 2.75) is 18.9 Å². The molecule has 4 N–H and O–H groups in total. The quantitative estimate of drug-likeness (QED) is 0.571. The van der Waals surface area contributed by atoms with Gasteiger partial charge in [-0.05, 0) is 24.9 Å². The molecular formula is C12H18N2O2. The van der Waals surface area contributed by atoms with Gasteiger partial charge in [-0.1, -0.05) is 30.3 Å². The van der Waals surface area contributed by atoms with E-state index in [-0.39, 0.29) is 6.61 Å². The third-order valence-corrected chi connectivity index (χ3v) is 2.40. The SMILES string of the molecule is NC(=O)[C@@H](CO)NCCCc1ccccc1. The zero-order valence-electron chi connectivity index (χ0n) is 9.23. The molecule has 0 unspecified atom stereocenters. The number of primary amides is 1. The van der Waals surface area contributed by atoms with Gasteiger partial charge in [0.05, 0.1) is 6.61 Å². The largest absolute Gasteiger partial charge is 0.394 e. The lowest BCUT2D eigenvalue weighted by atomic mass is 10.1. The van der Waals surface area contributed by atoms with Gasteiger partial charge in [0.1, 0.15) is 6.04 Å². The standard InChI is InChI=1S/C12H18N2O2/c13-12(16)11(9-15)14-8-4-7-10-5-2-1-3-6-10/h1-3,5-6,11,14-15H,4,7-9H2,(H2,13,16)/t11-/m1/s1. The summed E-state index contributed by atoms with van der Waals surface area (Å²) in [5, 5.41) is 11.8. The van der Waals surface area contributed by atoms with Crippen LogP contribution >= 0.6 is 0 Å². The summed E-state index contributed by atoms with van der Waals surface area (Å²) in [5.41, 5.74) is 6.35. The second-order valence-electron chi connectivity index (χ2n) is 3.68. The average Bonchev–Trinajstić information content (AvgIpc) is 2.30. The van der Waals surface area contributed by atoms with Crippen molar-refractivity contribution in [3.8, 4) is 0 Å². The molecule has 0 saturated heterocycles. The van der Waals surface area contributed by atoms with Crippen LogP contribution in [-0.2, 0) is 11.2 Å². The van der Waals surface area contributed by atoms with Crippen molar-refractivity contribution in [2.24, 2.45) is 5.73 Å². The lowest BCUT2D eigenvalue weighted by molar-refractivity contribution is -0.120. The molecule has 0 saturated carbocycles. The van der Waals surface area contributed by atoms with Gasteiger partial charge in [0.25, 0.3) is 0 Å². The molecule has 0 aliphatic rings. The molecule has 0 heterocycles. The minimum atomic E-state index is -0.629. The summed E-state index contributed by atoms with van der Waals surface area (Å²) in [4.78, 5) is 10.8. The first kappa shape index (κ1) is 12.7. The van der Waals surface area contributed by atoms with Crippen LogP contribution in [0.2, 0.25) is 0 Å². The number of amides is 1. The van der Waals surface area contributed by atoms with Crippen LogP contribution in [0.25, 0.3) is 0 Å². The lowest BCUT2D eigenvalue weighted by Crippen LogP contribution is -2.44. The van der Waals surface area contributed by atoms with Crippen molar-refractivity contribution in [3.05, 3.63) is 35.9 Å². The van der Waals surface area contributed by atoms with Gasteiger partial charge >= 0.3 is 0 Å². The fourth-order valence-corrected chi connectivity index (χ4v) is 1.47. The Bertz CT molecular complexity index is 314. The molecule has 4 heteroatoms. The lowest BCUT2D eigenvalue weighted by Gasteiger charge is -2.11. The third kappa shape index (κ3) is 4.42. The number of hydrogen-bond donors (Lipinski definition) is 3. The Morgan fingerprint density at radius 1 is 1.38 bits per heavy atom. The van der Waals surface area contributed by atoms with Crippen LogP contribution in [0.15, 0.2) is 30.3 Å². The Morgan fingerprint density at radius 3 is 2.62 bits per heavy atom. The number of rotatable bonds is 7. The maximum absolute atomic E-state index is 10.8. The number of benzene rings is 1. The van der Waals surface area contributed by atoms with Crippen molar-refractivity contribution in [1.29, 1.82) is 0 Å². The minimum Gasteiger partial charge on any atom is -0.394 e. The first-order valence-corrected chi connectivity index (χ1v) is 5.41. The molecular weight excluding hydrogens is 204 g/mol. The Kier molecular flexibility index (Phi) is 5.53. The first-order chi connectivity index (χ1) is 7.74. The van der Waals surface area contributed by atoms with Gasteiger partial charge < -0.3 is 16.2 Å². The zero-order valence-corrected chi connectivity index (χ0v) is 9.23. The van der Waals surface area contributed by atoms with E-state index in [4.69, 9.17) is 10.8 Å². The summed E-state index contributed by atoms with van der Waals surface area (Å²) in [6.45, 7) is 0.420. The fourth-order valence-electron chi connectivity index (χ4n) is 1.47. The Hall–Kier alpha value is -1.39. The van der Waals surface area contributed by atoms with E-state index in [1.165, 1.54) is 5.56 Å². The van der Waals surface area contributed by atoms with Gasteiger partial charge in [-0.15, -0.1) is 0 Å². The second-order valence-corrected chi connectivity index (χ2v) is 3.68. The maximum atomic E-state index is 10.8. The van der Waals surface area contributed by atoms with E-state index in [9.17, 15) is 4.79 Å². The number of aliphatic hydroxyl groups is 1. The number of aryl methyl sites for hydroxylation is 1. The van der Waals surface area contributed by atoms with Crippen LogP contribution in [0, 0.1) is 0 Å². The number of nitrogens with two attached hydrogens (primary N) is 1. The van der Waals surface area contributed by atoms with Gasteiger partial charge in [-0.3, -0.25) is 4.79 Å². The van der Waals surface area contributed by atoms with Gasteiger partial charge in [-0.25, -0.2) is 0 Å². The van der Waals surface area contributed by atoms with Crippen LogP contribution < -0.4 is 11.1 Å². The Labute approximate surface area is 95.5 Å². The number of carbonyl (C=O) groups excluding carboxylic acids is 1. The highest BCUT2D eigenvalue weighted by Crippen LogP contribution is 2.01. The molecule has 0 fully saturated rings. The molecule has 1 rings (SSSR count). The Balaban J connectivity index is 2.19. The van der Waals surface area contributed by atoms with Gasteiger partial charge in [-0.2, -0.15) is 0 Å². The topological polar surface area (TPSA) is 75.4 Å². The molecule has 1 amide bonds. The molecule has 16 heavy (non-hydrogen) atoms. The van der Waals surface area contributed by atoms with Crippen molar-refractivity contribution in [2.75, 3.05) is 13.2 Å². The van der Waals surface area contributed by atoms with Gasteiger partial charge in [0.15, 0.2) is 0 Å². The van der Waals surface area contributed by atoms with E-state index < -0.39 is 11.9 Å².